The highest BCUT2D eigenvalue weighted by atomic mass is 32.2. The molecule has 0 aliphatic heterocycles. The van der Waals surface area contributed by atoms with E-state index in [1.807, 2.05) is 0 Å². The molecule has 0 amide bonds. The molecule has 0 heterocycles. The summed E-state index contributed by atoms with van der Waals surface area (Å²) in [6, 6.07) is -0.469. The van der Waals surface area contributed by atoms with Crippen molar-refractivity contribution < 1.29 is 17.9 Å². The van der Waals surface area contributed by atoms with Crippen molar-refractivity contribution in [3.05, 3.63) is 12.2 Å². The zero-order chi connectivity index (χ0) is 12.2. The van der Waals surface area contributed by atoms with E-state index < -0.39 is 28.1 Å². The van der Waals surface area contributed by atoms with Crippen LogP contribution in [-0.2, 0) is 19.6 Å². The van der Waals surface area contributed by atoms with E-state index in [0.29, 0.717) is 0 Å². The van der Waals surface area contributed by atoms with Crippen molar-refractivity contribution in [3.63, 3.8) is 0 Å². The minimum absolute atomic E-state index is 0.286. The second-order valence-electron chi connectivity index (χ2n) is 3.57. The molecule has 0 aliphatic carbocycles. The monoisotopic (exact) mass is 235 g/mol. The van der Waals surface area contributed by atoms with Crippen LogP contribution in [0.4, 0.5) is 0 Å². The van der Waals surface area contributed by atoms with E-state index in [9.17, 15) is 13.2 Å². The molecule has 15 heavy (non-hydrogen) atoms. The normalized spacial score (nSPS) is 15.5. The summed E-state index contributed by atoms with van der Waals surface area (Å²) in [7, 11) is -3.29. The zero-order valence-corrected chi connectivity index (χ0v) is 10.2. The van der Waals surface area contributed by atoms with Gasteiger partial charge >= 0.3 is 5.97 Å². The number of carbonyl (C=O) groups is 1. The molecule has 2 unspecified atom stereocenters. The Morgan fingerprint density at radius 1 is 1.40 bits per heavy atom. The van der Waals surface area contributed by atoms with Crippen LogP contribution in [0.3, 0.4) is 0 Å². The molecule has 88 valence electrons. The van der Waals surface area contributed by atoms with Gasteiger partial charge < -0.3 is 4.74 Å². The smallest absolute Gasteiger partial charge is 0.333 e. The van der Waals surface area contributed by atoms with Gasteiger partial charge in [0.25, 0.3) is 0 Å². The van der Waals surface area contributed by atoms with Crippen LogP contribution >= 0.6 is 0 Å². The number of hydrogen-bond acceptors (Lipinski definition) is 4. The fourth-order valence-corrected chi connectivity index (χ4v) is 1.67. The van der Waals surface area contributed by atoms with Gasteiger partial charge in [-0.1, -0.05) is 6.58 Å². The molecule has 2 atom stereocenters. The van der Waals surface area contributed by atoms with Crippen LogP contribution in [-0.4, -0.2) is 32.8 Å². The predicted octanol–water partition coefficient (Wildman–Crippen LogP) is 0.432. The lowest BCUT2D eigenvalue weighted by atomic mass is 10.2. The first-order valence-corrected chi connectivity index (χ1v) is 6.36. The van der Waals surface area contributed by atoms with Crippen molar-refractivity contribution in [2.24, 2.45) is 0 Å². The SMILES string of the molecule is C=C(C)C(=O)OC(C)C(C)NS(C)(=O)=O. The first kappa shape index (κ1) is 14.1. The summed E-state index contributed by atoms with van der Waals surface area (Å²) >= 11 is 0. The average Bonchev–Trinajstić information content (AvgIpc) is 2.00. The Hall–Kier alpha value is -0.880. The lowest BCUT2D eigenvalue weighted by Gasteiger charge is -2.20. The van der Waals surface area contributed by atoms with E-state index in [4.69, 9.17) is 4.74 Å². The van der Waals surface area contributed by atoms with Crippen molar-refractivity contribution in [2.75, 3.05) is 6.26 Å². The lowest BCUT2D eigenvalue weighted by molar-refractivity contribution is -0.144. The predicted molar refractivity (Wildman–Crippen MR) is 57.8 cm³/mol. The summed E-state index contributed by atoms with van der Waals surface area (Å²) in [5, 5.41) is 0. The highest BCUT2D eigenvalue weighted by molar-refractivity contribution is 7.88. The van der Waals surface area contributed by atoms with Gasteiger partial charge in [-0.05, 0) is 20.8 Å². The van der Waals surface area contributed by atoms with E-state index in [2.05, 4.69) is 11.3 Å². The van der Waals surface area contributed by atoms with Crippen molar-refractivity contribution in [2.45, 2.75) is 32.9 Å². The Morgan fingerprint density at radius 3 is 2.20 bits per heavy atom. The quantitative estimate of drug-likeness (QED) is 0.554. The first-order chi connectivity index (χ1) is 6.63. The Kier molecular flexibility index (Phi) is 4.96. The van der Waals surface area contributed by atoms with Crippen molar-refractivity contribution >= 4 is 16.0 Å². The molecule has 0 bridgehead atoms. The molecule has 0 rings (SSSR count). The van der Waals surface area contributed by atoms with Gasteiger partial charge in [0, 0.05) is 5.57 Å². The third-order valence-corrected chi connectivity index (χ3v) is 2.55. The summed E-state index contributed by atoms with van der Waals surface area (Å²) in [6.45, 7) is 8.20. The Morgan fingerprint density at radius 2 is 1.87 bits per heavy atom. The van der Waals surface area contributed by atoms with Gasteiger partial charge in [-0.3, -0.25) is 0 Å². The summed E-state index contributed by atoms with van der Waals surface area (Å²) in [5.41, 5.74) is 0.286. The van der Waals surface area contributed by atoms with Crippen LogP contribution in [0, 0.1) is 0 Å². The van der Waals surface area contributed by atoms with Crippen molar-refractivity contribution in [3.8, 4) is 0 Å². The third-order valence-electron chi connectivity index (χ3n) is 1.75. The van der Waals surface area contributed by atoms with E-state index in [-0.39, 0.29) is 5.57 Å². The minimum atomic E-state index is -3.29. The second-order valence-corrected chi connectivity index (χ2v) is 5.35. The van der Waals surface area contributed by atoms with E-state index >= 15 is 0 Å². The maximum absolute atomic E-state index is 11.1. The van der Waals surface area contributed by atoms with Crippen LogP contribution < -0.4 is 4.72 Å². The fraction of sp³-hybridized carbons (Fsp3) is 0.667. The van der Waals surface area contributed by atoms with E-state index in [1.165, 1.54) is 6.92 Å². The van der Waals surface area contributed by atoms with Crippen LogP contribution in [0.15, 0.2) is 12.2 Å². The molecule has 0 aromatic carbocycles. The first-order valence-electron chi connectivity index (χ1n) is 4.47. The number of esters is 1. The fourth-order valence-electron chi connectivity index (χ4n) is 0.805. The zero-order valence-electron chi connectivity index (χ0n) is 9.40. The lowest BCUT2D eigenvalue weighted by Crippen LogP contribution is -2.41. The molecule has 0 aromatic rings. The van der Waals surface area contributed by atoms with Gasteiger partial charge in [-0.25, -0.2) is 17.9 Å². The van der Waals surface area contributed by atoms with Gasteiger partial charge in [-0.15, -0.1) is 0 Å². The third kappa shape index (κ3) is 6.24. The van der Waals surface area contributed by atoms with Gasteiger partial charge in [0.1, 0.15) is 6.10 Å². The molecule has 0 radical (unpaired) electrons. The summed E-state index contributed by atoms with van der Waals surface area (Å²) in [4.78, 5) is 11.1. The molecule has 0 saturated carbocycles. The number of rotatable bonds is 5. The second kappa shape index (κ2) is 5.27. The maximum atomic E-state index is 11.1. The molecule has 0 aliphatic rings. The van der Waals surface area contributed by atoms with Gasteiger partial charge in [0.15, 0.2) is 0 Å². The number of carbonyl (C=O) groups excluding carboxylic acids is 1. The van der Waals surface area contributed by atoms with Crippen molar-refractivity contribution in [1.82, 2.24) is 4.72 Å². The van der Waals surface area contributed by atoms with Crippen LogP contribution in [0.1, 0.15) is 20.8 Å². The van der Waals surface area contributed by atoms with Gasteiger partial charge in [-0.2, -0.15) is 0 Å². The van der Waals surface area contributed by atoms with Gasteiger partial charge in [0.05, 0.1) is 12.3 Å². The molecule has 0 spiro atoms. The number of ether oxygens (including phenoxy) is 1. The summed E-state index contributed by atoms with van der Waals surface area (Å²) in [6.07, 6.45) is 0.514. The highest BCUT2D eigenvalue weighted by Gasteiger charge is 2.19. The molecular formula is C9H17NO4S. The van der Waals surface area contributed by atoms with E-state index in [0.717, 1.165) is 6.26 Å². The molecule has 0 aromatic heterocycles. The number of sulfonamides is 1. The molecule has 0 saturated heterocycles. The molecule has 1 N–H and O–H groups in total. The maximum Gasteiger partial charge on any atom is 0.333 e. The van der Waals surface area contributed by atoms with Crippen molar-refractivity contribution in [1.29, 1.82) is 0 Å². The standard InChI is InChI=1S/C9H17NO4S/c1-6(2)9(11)14-8(4)7(3)10-15(5,12)13/h7-8,10H,1H2,2-5H3. The molecule has 5 nitrogen and oxygen atoms in total. The van der Waals surface area contributed by atoms with Gasteiger partial charge in [0.2, 0.25) is 10.0 Å². The summed E-state index contributed by atoms with van der Waals surface area (Å²) in [5.74, 6) is -0.523. The number of nitrogens with one attached hydrogen (secondary N) is 1. The van der Waals surface area contributed by atoms with E-state index in [1.54, 1.807) is 13.8 Å². The Balaban J connectivity index is 4.28. The highest BCUT2D eigenvalue weighted by Crippen LogP contribution is 2.03. The summed E-state index contributed by atoms with van der Waals surface area (Å²) < 4.78 is 29.1. The Bertz CT molecular complexity index is 347. The topological polar surface area (TPSA) is 72.5 Å². The molecular weight excluding hydrogens is 218 g/mol. The molecule has 0 fully saturated rings. The largest absolute Gasteiger partial charge is 0.458 e. The minimum Gasteiger partial charge on any atom is -0.458 e. The Labute approximate surface area is 90.6 Å². The number of hydrogen-bond donors (Lipinski definition) is 1. The van der Waals surface area contributed by atoms with Crippen LogP contribution in [0.25, 0.3) is 0 Å². The van der Waals surface area contributed by atoms with Crippen LogP contribution in [0.5, 0.6) is 0 Å². The van der Waals surface area contributed by atoms with Crippen LogP contribution in [0.2, 0.25) is 0 Å². The average molecular weight is 235 g/mol. The molecule has 6 heteroatoms.